The van der Waals surface area contributed by atoms with Crippen LogP contribution in [0.3, 0.4) is 0 Å². The molecular formula is C17H31N3. The highest BCUT2D eigenvalue weighted by Crippen LogP contribution is 2.41. The maximum absolute atomic E-state index is 9.75. The first-order chi connectivity index (χ1) is 9.57. The van der Waals surface area contributed by atoms with E-state index in [0.29, 0.717) is 11.3 Å². The Kier molecular flexibility index (Phi) is 5.09. The Bertz CT molecular complexity index is 348. The van der Waals surface area contributed by atoms with Crippen molar-refractivity contribution in [3.05, 3.63) is 0 Å². The van der Waals surface area contributed by atoms with E-state index in [1.807, 2.05) is 0 Å². The van der Waals surface area contributed by atoms with Crippen molar-refractivity contribution in [3.63, 3.8) is 0 Å². The minimum absolute atomic E-state index is 0.282. The van der Waals surface area contributed by atoms with Crippen LogP contribution in [0.1, 0.15) is 59.3 Å². The molecule has 114 valence electrons. The summed E-state index contributed by atoms with van der Waals surface area (Å²) in [5.41, 5.74) is 0.248. The number of nitrogens with one attached hydrogen (secondary N) is 1. The molecule has 1 saturated carbocycles. The van der Waals surface area contributed by atoms with Gasteiger partial charge in [-0.3, -0.25) is 5.32 Å². The van der Waals surface area contributed by atoms with E-state index in [2.05, 4.69) is 37.1 Å². The Labute approximate surface area is 124 Å². The summed E-state index contributed by atoms with van der Waals surface area (Å²) in [6.45, 7) is 11.1. The van der Waals surface area contributed by atoms with Crippen LogP contribution in [0.4, 0.5) is 0 Å². The number of nitriles is 1. The summed E-state index contributed by atoms with van der Waals surface area (Å²) in [5.74, 6) is 0.582. The predicted molar refractivity (Wildman–Crippen MR) is 83.4 cm³/mol. The molecule has 3 heteroatoms. The van der Waals surface area contributed by atoms with Crippen LogP contribution in [-0.2, 0) is 0 Å². The number of hydrogen-bond acceptors (Lipinski definition) is 3. The first-order valence-corrected chi connectivity index (χ1v) is 8.46. The van der Waals surface area contributed by atoms with Crippen molar-refractivity contribution in [1.82, 2.24) is 10.2 Å². The molecule has 20 heavy (non-hydrogen) atoms. The van der Waals surface area contributed by atoms with Crippen molar-refractivity contribution in [1.29, 1.82) is 5.26 Å². The fraction of sp³-hybridized carbons (Fsp3) is 0.941. The minimum atomic E-state index is -0.282. The zero-order valence-corrected chi connectivity index (χ0v) is 13.5. The highest BCUT2D eigenvalue weighted by atomic mass is 15.2. The second-order valence-corrected chi connectivity index (χ2v) is 7.22. The van der Waals surface area contributed by atoms with Crippen LogP contribution in [-0.4, -0.2) is 36.6 Å². The van der Waals surface area contributed by atoms with Gasteiger partial charge in [-0.1, -0.05) is 27.2 Å². The molecule has 0 radical (unpaired) electrons. The van der Waals surface area contributed by atoms with E-state index in [1.165, 1.54) is 32.1 Å². The highest BCUT2D eigenvalue weighted by molar-refractivity contribution is 5.17. The molecule has 0 aromatic carbocycles. The van der Waals surface area contributed by atoms with Gasteiger partial charge in [0.25, 0.3) is 0 Å². The maximum atomic E-state index is 9.75. The molecule has 2 aliphatic rings. The molecule has 2 rings (SSSR count). The van der Waals surface area contributed by atoms with Gasteiger partial charge in [0, 0.05) is 6.54 Å². The van der Waals surface area contributed by atoms with Crippen LogP contribution in [0.25, 0.3) is 0 Å². The van der Waals surface area contributed by atoms with E-state index in [4.69, 9.17) is 0 Å². The number of likely N-dealkylation sites (tertiary alicyclic amines) is 1. The number of rotatable bonds is 7. The number of piperidine rings is 1. The van der Waals surface area contributed by atoms with Gasteiger partial charge < -0.3 is 4.90 Å². The molecule has 1 aliphatic carbocycles. The van der Waals surface area contributed by atoms with E-state index >= 15 is 0 Å². The van der Waals surface area contributed by atoms with Gasteiger partial charge in [0.1, 0.15) is 5.54 Å². The van der Waals surface area contributed by atoms with Gasteiger partial charge in [-0.25, -0.2) is 0 Å². The molecule has 3 nitrogen and oxygen atoms in total. The Morgan fingerprint density at radius 3 is 2.40 bits per heavy atom. The van der Waals surface area contributed by atoms with E-state index < -0.39 is 0 Å². The van der Waals surface area contributed by atoms with Crippen molar-refractivity contribution < 1.29 is 0 Å². The third kappa shape index (κ3) is 3.54. The average Bonchev–Trinajstić information content (AvgIpc) is 3.31. The SMILES string of the molecule is CCCNC(C#N)(CN1CCC(C)(CC)CC1)C1CC1. The van der Waals surface area contributed by atoms with E-state index in [0.717, 1.165) is 32.6 Å². The van der Waals surface area contributed by atoms with Gasteiger partial charge in [0.15, 0.2) is 0 Å². The topological polar surface area (TPSA) is 39.1 Å². The summed E-state index contributed by atoms with van der Waals surface area (Å²) in [6, 6.07) is 2.64. The lowest BCUT2D eigenvalue weighted by atomic mass is 9.78. The van der Waals surface area contributed by atoms with Gasteiger partial charge in [0.05, 0.1) is 6.07 Å². The molecule has 1 saturated heterocycles. The summed E-state index contributed by atoms with van der Waals surface area (Å²) < 4.78 is 0. The third-order valence-electron chi connectivity index (χ3n) is 5.55. The van der Waals surface area contributed by atoms with Gasteiger partial charge >= 0.3 is 0 Å². The normalized spacial score (nSPS) is 25.9. The fourth-order valence-corrected chi connectivity index (χ4v) is 3.38. The quantitative estimate of drug-likeness (QED) is 0.777. The maximum Gasteiger partial charge on any atom is 0.122 e. The van der Waals surface area contributed by atoms with Gasteiger partial charge in [-0.05, 0) is 63.1 Å². The summed E-state index contributed by atoms with van der Waals surface area (Å²) in [4.78, 5) is 2.53. The largest absolute Gasteiger partial charge is 0.300 e. The standard InChI is InChI=1S/C17H31N3/c1-4-10-19-17(13-18,15-6-7-15)14-20-11-8-16(3,5-2)9-12-20/h15,19H,4-12,14H2,1-3H3. The molecule has 1 aliphatic heterocycles. The lowest BCUT2D eigenvalue weighted by Gasteiger charge is -2.42. The lowest BCUT2D eigenvalue weighted by molar-refractivity contribution is 0.0922. The summed E-state index contributed by atoms with van der Waals surface area (Å²) in [5, 5.41) is 13.3. The van der Waals surface area contributed by atoms with Crippen LogP contribution in [0, 0.1) is 22.7 Å². The molecular weight excluding hydrogens is 246 g/mol. The first-order valence-electron chi connectivity index (χ1n) is 8.46. The number of nitrogens with zero attached hydrogens (tertiary/aromatic N) is 2. The zero-order chi connectivity index (χ0) is 14.6. The van der Waals surface area contributed by atoms with Crippen molar-refractivity contribution >= 4 is 0 Å². The first kappa shape index (κ1) is 15.8. The molecule has 2 fully saturated rings. The highest BCUT2D eigenvalue weighted by Gasteiger charge is 2.46. The lowest BCUT2D eigenvalue weighted by Crippen LogP contribution is -2.56. The Hall–Kier alpha value is -0.590. The molecule has 1 N–H and O–H groups in total. The van der Waals surface area contributed by atoms with Crippen LogP contribution < -0.4 is 5.32 Å². The van der Waals surface area contributed by atoms with Crippen molar-refractivity contribution in [2.45, 2.75) is 64.8 Å². The van der Waals surface area contributed by atoms with Crippen molar-refractivity contribution in [2.75, 3.05) is 26.2 Å². The molecule has 1 heterocycles. The van der Waals surface area contributed by atoms with Gasteiger partial charge in [0.2, 0.25) is 0 Å². The van der Waals surface area contributed by atoms with Crippen LogP contribution in [0.2, 0.25) is 0 Å². The zero-order valence-electron chi connectivity index (χ0n) is 13.5. The van der Waals surface area contributed by atoms with Crippen LogP contribution >= 0.6 is 0 Å². The molecule has 0 aromatic rings. The summed E-state index contributed by atoms with van der Waals surface area (Å²) >= 11 is 0. The number of hydrogen-bond donors (Lipinski definition) is 1. The molecule has 1 unspecified atom stereocenters. The summed E-state index contributed by atoms with van der Waals surface area (Å²) in [7, 11) is 0. The van der Waals surface area contributed by atoms with Crippen molar-refractivity contribution in [2.24, 2.45) is 11.3 Å². The third-order valence-corrected chi connectivity index (χ3v) is 5.55. The van der Waals surface area contributed by atoms with Crippen LogP contribution in [0.15, 0.2) is 0 Å². The monoisotopic (exact) mass is 277 g/mol. The Morgan fingerprint density at radius 2 is 1.95 bits per heavy atom. The van der Waals surface area contributed by atoms with E-state index in [1.54, 1.807) is 0 Å². The molecule has 1 atom stereocenters. The summed E-state index contributed by atoms with van der Waals surface area (Å²) in [6.07, 6.45) is 7.40. The van der Waals surface area contributed by atoms with Crippen molar-refractivity contribution in [3.8, 4) is 6.07 Å². The van der Waals surface area contributed by atoms with E-state index in [9.17, 15) is 5.26 Å². The average molecular weight is 277 g/mol. The molecule has 0 spiro atoms. The smallest absolute Gasteiger partial charge is 0.122 e. The van der Waals surface area contributed by atoms with Gasteiger partial charge in [-0.2, -0.15) is 5.26 Å². The second-order valence-electron chi connectivity index (χ2n) is 7.22. The Morgan fingerprint density at radius 1 is 1.30 bits per heavy atom. The fourth-order valence-electron chi connectivity index (χ4n) is 3.38. The molecule has 0 amide bonds. The second kappa shape index (κ2) is 6.45. The van der Waals surface area contributed by atoms with Gasteiger partial charge in [-0.15, -0.1) is 0 Å². The Balaban J connectivity index is 1.94. The molecule has 0 aromatic heterocycles. The van der Waals surface area contributed by atoms with E-state index in [-0.39, 0.29) is 5.54 Å². The van der Waals surface area contributed by atoms with Crippen LogP contribution in [0.5, 0.6) is 0 Å². The minimum Gasteiger partial charge on any atom is -0.300 e. The predicted octanol–water partition coefficient (Wildman–Crippen LogP) is 3.17. The molecule has 0 bridgehead atoms.